The zero-order chi connectivity index (χ0) is 15.1. The van der Waals surface area contributed by atoms with E-state index in [1.807, 2.05) is 30.3 Å². The average Bonchev–Trinajstić information content (AvgIpc) is 2.50. The molecule has 2 rings (SSSR count). The lowest BCUT2D eigenvalue weighted by molar-refractivity contribution is -0.185. The second kappa shape index (κ2) is 7.42. The number of carbonyl (C=O) groups excluding carboxylic acids is 3. The fraction of sp³-hybridized carbons (Fsp3) is 0.400. The van der Waals surface area contributed by atoms with Crippen molar-refractivity contribution in [1.29, 1.82) is 0 Å². The first-order valence-electron chi connectivity index (χ1n) is 6.71. The van der Waals surface area contributed by atoms with Gasteiger partial charge in [-0.2, -0.15) is 0 Å². The Morgan fingerprint density at radius 3 is 2.76 bits per heavy atom. The van der Waals surface area contributed by atoms with E-state index >= 15 is 0 Å². The summed E-state index contributed by atoms with van der Waals surface area (Å²) in [6, 6.07) is 9.35. The second-order valence-corrected chi connectivity index (χ2v) is 4.62. The molecule has 1 saturated heterocycles. The van der Waals surface area contributed by atoms with Crippen LogP contribution in [0.5, 0.6) is 0 Å². The van der Waals surface area contributed by atoms with Gasteiger partial charge in [0, 0.05) is 6.42 Å². The highest BCUT2D eigenvalue weighted by molar-refractivity contribution is 5.85. The zero-order valence-corrected chi connectivity index (χ0v) is 11.4. The minimum Gasteiger partial charge on any atom is -0.461 e. The molecule has 1 aliphatic rings. The second-order valence-electron chi connectivity index (χ2n) is 4.62. The first-order chi connectivity index (χ1) is 10.1. The normalized spacial score (nSPS) is 17.8. The predicted octanol–water partition coefficient (Wildman–Crippen LogP) is 1.37. The number of rotatable bonds is 6. The summed E-state index contributed by atoms with van der Waals surface area (Å²) in [6.45, 7) is -0.116. The summed E-state index contributed by atoms with van der Waals surface area (Å²) in [6.07, 6.45) is -0.104. The molecule has 1 atom stereocenters. The first-order valence-corrected chi connectivity index (χ1v) is 6.71. The molecule has 0 aliphatic carbocycles. The van der Waals surface area contributed by atoms with Gasteiger partial charge in [0.05, 0.1) is 0 Å². The standard InChI is InChI=1S/C15H16O6/c16-13(19-9-11-5-2-1-3-6-11)8-4-7-12-15(18)20-10-14(17)21-12/h1-3,5-6,12H,4,7-10H2. The number of ether oxygens (including phenoxy) is 3. The van der Waals surface area contributed by atoms with Crippen molar-refractivity contribution < 1.29 is 28.6 Å². The average molecular weight is 292 g/mol. The smallest absolute Gasteiger partial charge is 0.348 e. The van der Waals surface area contributed by atoms with Crippen molar-refractivity contribution in [1.82, 2.24) is 0 Å². The Morgan fingerprint density at radius 2 is 2.00 bits per heavy atom. The summed E-state index contributed by atoms with van der Waals surface area (Å²) in [5, 5.41) is 0. The van der Waals surface area contributed by atoms with Gasteiger partial charge >= 0.3 is 17.9 Å². The van der Waals surface area contributed by atoms with E-state index in [-0.39, 0.29) is 32.0 Å². The summed E-state index contributed by atoms with van der Waals surface area (Å²) in [5.74, 6) is -1.48. The van der Waals surface area contributed by atoms with Crippen LogP contribution in [0.3, 0.4) is 0 Å². The lowest BCUT2D eigenvalue weighted by Crippen LogP contribution is -2.37. The number of hydrogen-bond donors (Lipinski definition) is 0. The third-order valence-corrected chi connectivity index (χ3v) is 2.96. The monoisotopic (exact) mass is 292 g/mol. The summed E-state index contributed by atoms with van der Waals surface area (Å²) >= 11 is 0. The van der Waals surface area contributed by atoms with Gasteiger partial charge in [-0.3, -0.25) is 4.79 Å². The van der Waals surface area contributed by atoms with E-state index in [1.165, 1.54) is 0 Å². The van der Waals surface area contributed by atoms with Crippen molar-refractivity contribution in [2.24, 2.45) is 0 Å². The Kier molecular flexibility index (Phi) is 5.31. The molecule has 0 spiro atoms. The Labute approximate surface area is 122 Å². The molecule has 1 aromatic carbocycles. The van der Waals surface area contributed by atoms with Crippen LogP contribution in [-0.2, 0) is 35.2 Å². The van der Waals surface area contributed by atoms with Crippen molar-refractivity contribution in [3.63, 3.8) is 0 Å². The lowest BCUT2D eigenvalue weighted by Gasteiger charge is -2.20. The van der Waals surface area contributed by atoms with Gasteiger partial charge in [0.25, 0.3) is 0 Å². The van der Waals surface area contributed by atoms with E-state index in [2.05, 4.69) is 4.74 Å². The maximum Gasteiger partial charge on any atom is 0.348 e. The zero-order valence-electron chi connectivity index (χ0n) is 11.4. The van der Waals surface area contributed by atoms with Crippen molar-refractivity contribution in [3.8, 4) is 0 Å². The van der Waals surface area contributed by atoms with Gasteiger partial charge in [0.1, 0.15) is 6.61 Å². The molecule has 1 heterocycles. The topological polar surface area (TPSA) is 78.9 Å². The molecule has 0 N–H and O–H groups in total. The Bertz CT molecular complexity index is 510. The fourth-order valence-electron chi connectivity index (χ4n) is 1.88. The Hall–Kier alpha value is -2.37. The molecule has 21 heavy (non-hydrogen) atoms. The van der Waals surface area contributed by atoms with Gasteiger partial charge in [-0.25, -0.2) is 9.59 Å². The lowest BCUT2D eigenvalue weighted by atomic mass is 10.1. The van der Waals surface area contributed by atoms with E-state index in [0.717, 1.165) is 5.56 Å². The number of hydrogen-bond acceptors (Lipinski definition) is 6. The van der Waals surface area contributed by atoms with Crippen molar-refractivity contribution in [2.75, 3.05) is 6.61 Å². The molecule has 1 fully saturated rings. The van der Waals surface area contributed by atoms with Crippen LogP contribution in [0.15, 0.2) is 30.3 Å². The number of benzene rings is 1. The molecule has 0 bridgehead atoms. The Balaban J connectivity index is 1.65. The van der Waals surface area contributed by atoms with E-state index in [1.54, 1.807) is 0 Å². The number of carbonyl (C=O) groups is 3. The van der Waals surface area contributed by atoms with Crippen LogP contribution >= 0.6 is 0 Å². The van der Waals surface area contributed by atoms with Gasteiger partial charge in [0.15, 0.2) is 12.7 Å². The third-order valence-electron chi connectivity index (χ3n) is 2.96. The fourth-order valence-corrected chi connectivity index (χ4v) is 1.88. The van der Waals surface area contributed by atoms with Crippen LogP contribution in [0.25, 0.3) is 0 Å². The summed E-state index contributed by atoms with van der Waals surface area (Å²) < 4.78 is 14.6. The highest BCUT2D eigenvalue weighted by atomic mass is 16.6. The minimum absolute atomic E-state index is 0.161. The molecule has 0 saturated carbocycles. The van der Waals surface area contributed by atoms with Gasteiger partial charge in [-0.05, 0) is 18.4 Å². The number of esters is 3. The largest absolute Gasteiger partial charge is 0.461 e. The maximum absolute atomic E-state index is 11.6. The Morgan fingerprint density at radius 1 is 1.24 bits per heavy atom. The highest BCUT2D eigenvalue weighted by Crippen LogP contribution is 2.12. The molecular formula is C15H16O6. The molecule has 6 nitrogen and oxygen atoms in total. The van der Waals surface area contributed by atoms with Crippen LogP contribution in [0.4, 0.5) is 0 Å². The molecule has 0 amide bonds. The van der Waals surface area contributed by atoms with Crippen LogP contribution in [0.2, 0.25) is 0 Å². The predicted molar refractivity (Wildman–Crippen MR) is 70.9 cm³/mol. The first kappa shape index (κ1) is 15.0. The molecule has 1 aromatic rings. The molecular weight excluding hydrogens is 276 g/mol. The molecule has 1 aliphatic heterocycles. The van der Waals surface area contributed by atoms with E-state index < -0.39 is 18.0 Å². The third kappa shape index (κ3) is 4.91. The van der Waals surface area contributed by atoms with Gasteiger partial charge in [-0.1, -0.05) is 30.3 Å². The summed E-state index contributed by atoms with van der Waals surface area (Å²) in [5.41, 5.74) is 0.913. The van der Waals surface area contributed by atoms with Gasteiger partial charge in [0.2, 0.25) is 0 Å². The van der Waals surface area contributed by atoms with Crippen LogP contribution < -0.4 is 0 Å². The van der Waals surface area contributed by atoms with Crippen molar-refractivity contribution >= 4 is 17.9 Å². The highest BCUT2D eigenvalue weighted by Gasteiger charge is 2.30. The molecule has 1 unspecified atom stereocenters. The maximum atomic E-state index is 11.6. The molecule has 0 aromatic heterocycles. The van der Waals surface area contributed by atoms with Gasteiger partial charge < -0.3 is 14.2 Å². The quantitative estimate of drug-likeness (QED) is 0.582. The number of cyclic esters (lactones) is 2. The SMILES string of the molecule is O=C(CCCC1OC(=O)COC1=O)OCc1ccccc1. The van der Waals surface area contributed by atoms with Crippen LogP contribution in [0.1, 0.15) is 24.8 Å². The van der Waals surface area contributed by atoms with E-state index in [4.69, 9.17) is 9.47 Å². The van der Waals surface area contributed by atoms with Crippen molar-refractivity contribution in [2.45, 2.75) is 32.0 Å². The molecule has 0 radical (unpaired) electrons. The summed E-state index contributed by atoms with van der Waals surface area (Å²) in [7, 11) is 0. The van der Waals surface area contributed by atoms with Crippen molar-refractivity contribution in [3.05, 3.63) is 35.9 Å². The van der Waals surface area contributed by atoms with Crippen LogP contribution in [0, 0.1) is 0 Å². The van der Waals surface area contributed by atoms with E-state index in [0.29, 0.717) is 6.42 Å². The molecule has 112 valence electrons. The van der Waals surface area contributed by atoms with E-state index in [9.17, 15) is 14.4 Å². The minimum atomic E-state index is -0.909. The molecule has 6 heteroatoms. The van der Waals surface area contributed by atoms with Gasteiger partial charge in [-0.15, -0.1) is 0 Å². The summed E-state index contributed by atoms with van der Waals surface area (Å²) in [4.78, 5) is 33.9. The van der Waals surface area contributed by atoms with Crippen LogP contribution in [-0.4, -0.2) is 30.6 Å².